The smallest absolute Gasteiger partial charge is 0.335 e. The van der Waals surface area contributed by atoms with E-state index in [2.05, 4.69) is 26.9 Å². The molecule has 2 fully saturated rings. The molecule has 2 aromatic carbocycles. The van der Waals surface area contributed by atoms with Crippen molar-refractivity contribution in [3.05, 3.63) is 83.6 Å². The summed E-state index contributed by atoms with van der Waals surface area (Å²) in [5.74, 6) is -0.0493. The number of carbonyl (C=O) groups is 1. The van der Waals surface area contributed by atoms with Gasteiger partial charge in [-0.25, -0.2) is 9.78 Å². The molecule has 0 unspecified atom stereocenters. The van der Waals surface area contributed by atoms with Crippen LogP contribution in [0.2, 0.25) is 0 Å². The summed E-state index contributed by atoms with van der Waals surface area (Å²) in [6, 6.07) is 16.7. The Labute approximate surface area is 180 Å². The van der Waals surface area contributed by atoms with Gasteiger partial charge in [0, 0.05) is 38.3 Å². The maximum absolute atomic E-state index is 11.0. The molecule has 3 aromatic rings. The molecule has 7 heteroatoms. The summed E-state index contributed by atoms with van der Waals surface area (Å²) in [6.45, 7) is 4.37. The lowest BCUT2D eigenvalue weighted by Crippen LogP contribution is -2.45. The number of oxazole rings is 1. The molecule has 1 aromatic heterocycles. The van der Waals surface area contributed by atoms with Gasteiger partial charge in [0.05, 0.1) is 5.56 Å². The number of carboxylic acids is 1. The predicted octanol–water partition coefficient (Wildman–Crippen LogP) is 3.41. The summed E-state index contributed by atoms with van der Waals surface area (Å²) in [6.07, 6.45) is 4.19. The van der Waals surface area contributed by atoms with Crippen molar-refractivity contribution in [2.45, 2.75) is 38.2 Å². The summed E-state index contributed by atoms with van der Waals surface area (Å²) in [7, 11) is 0. The van der Waals surface area contributed by atoms with Crippen LogP contribution < -0.4 is 4.74 Å². The van der Waals surface area contributed by atoms with Crippen LogP contribution in [0.5, 0.6) is 5.75 Å². The molecular formula is C24H25N3O4. The Kier molecular flexibility index (Phi) is 5.44. The van der Waals surface area contributed by atoms with E-state index in [9.17, 15) is 4.79 Å². The van der Waals surface area contributed by atoms with E-state index in [1.165, 1.54) is 23.9 Å². The van der Waals surface area contributed by atoms with Crippen molar-refractivity contribution in [3.8, 4) is 5.75 Å². The first-order valence-corrected chi connectivity index (χ1v) is 10.5. The number of piperazine rings is 1. The standard InChI is InChI=1S/C24H25N3O4/c28-24(29)19-5-1-17(2-6-19)10-26-12-22-9-21(26)13-27(22)11-18-3-7-23(8-4-18)31-15-20-14-30-16-25-20/h1-8,14,16,21-22H,9-13,15H2,(H,28,29)/t21-,22+/m1/s1. The number of fused-ring (bicyclic) bond motifs is 2. The van der Waals surface area contributed by atoms with Crippen molar-refractivity contribution in [2.75, 3.05) is 13.1 Å². The normalized spacial score (nSPS) is 20.9. The molecular weight excluding hydrogens is 394 g/mol. The van der Waals surface area contributed by atoms with Gasteiger partial charge >= 0.3 is 5.97 Å². The van der Waals surface area contributed by atoms with Crippen LogP contribution in [-0.4, -0.2) is 51.0 Å². The molecule has 2 atom stereocenters. The Balaban J connectivity index is 1.12. The van der Waals surface area contributed by atoms with Crippen LogP contribution in [0.25, 0.3) is 0 Å². The SMILES string of the molecule is O=C(O)c1ccc(CN2C[C@@H]3C[C@@H]2CN3Cc2ccc(OCc3cocn3)cc2)cc1. The molecule has 2 aliphatic rings. The van der Waals surface area contributed by atoms with Gasteiger partial charge in [0.1, 0.15) is 24.3 Å². The molecule has 31 heavy (non-hydrogen) atoms. The monoisotopic (exact) mass is 419 g/mol. The maximum atomic E-state index is 11.0. The molecule has 0 aliphatic carbocycles. The van der Waals surface area contributed by atoms with Crippen molar-refractivity contribution < 1.29 is 19.1 Å². The second-order valence-corrected chi connectivity index (χ2v) is 8.32. The van der Waals surface area contributed by atoms with Gasteiger partial charge in [-0.3, -0.25) is 9.80 Å². The highest BCUT2D eigenvalue weighted by atomic mass is 16.5. The Hall–Kier alpha value is -3.16. The number of rotatable bonds is 8. The summed E-state index contributed by atoms with van der Waals surface area (Å²) in [5, 5.41) is 9.05. The van der Waals surface area contributed by atoms with Crippen LogP contribution in [0.1, 0.15) is 33.6 Å². The minimum absolute atomic E-state index is 0.340. The predicted molar refractivity (Wildman–Crippen MR) is 114 cm³/mol. The van der Waals surface area contributed by atoms with Crippen molar-refractivity contribution >= 4 is 5.97 Å². The zero-order valence-corrected chi connectivity index (χ0v) is 17.2. The first-order valence-electron chi connectivity index (χ1n) is 10.5. The van der Waals surface area contributed by atoms with Crippen LogP contribution in [0.4, 0.5) is 0 Å². The number of hydrogen-bond donors (Lipinski definition) is 1. The van der Waals surface area contributed by atoms with Gasteiger partial charge in [-0.1, -0.05) is 24.3 Å². The second kappa shape index (κ2) is 8.53. The molecule has 2 saturated heterocycles. The van der Waals surface area contributed by atoms with Crippen LogP contribution in [0.3, 0.4) is 0 Å². The highest BCUT2D eigenvalue weighted by molar-refractivity contribution is 5.87. The maximum Gasteiger partial charge on any atom is 0.335 e. The summed E-state index contributed by atoms with van der Waals surface area (Å²) < 4.78 is 10.7. The second-order valence-electron chi connectivity index (χ2n) is 8.32. The minimum Gasteiger partial charge on any atom is -0.487 e. The van der Waals surface area contributed by atoms with Crippen LogP contribution in [0, 0.1) is 0 Å². The number of ether oxygens (including phenoxy) is 1. The third kappa shape index (κ3) is 4.47. The highest BCUT2D eigenvalue weighted by Crippen LogP contribution is 2.33. The van der Waals surface area contributed by atoms with E-state index in [0.29, 0.717) is 24.3 Å². The summed E-state index contributed by atoms with van der Waals surface area (Å²) in [4.78, 5) is 20.2. The van der Waals surface area contributed by atoms with E-state index < -0.39 is 5.97 Å². The quantitative estimate of drug-likeness (QED) is 0.599. The average molecular weight is 419 g/mol. The molecule has 2 aliphatic heterocycles. The van der Waals surface area contributed by atoms with Gasteiger partial charge in [0.15, 0.2) is 6.39 Å². The Morgan fingerprint density at radius 1 is 1.00 bits per heavy atom. The Morgan fingerprint density at radius 2 is 1.61 bits per heavy atom. The van der Waals surface area contributed by atoms with Gasteiger partial charge in [0.25, 0.3) is 0 Å². The summed E-state index contributed by atoms with van der Waals surface area (Å²) >= 11 is 0. The van der Waals surface area contributed by atoms with Crippen LogP contribution in [-0.2, 0) is 19.7 Å². The molecule has 0 amide bonds. The van der Waals surface area contributed by atoms with E-state index in [1.54, 1.807) is 18.4 Å². The van der Waals surface area contributed by atoms with Gasteiger partial charge in [-0.05, 0) is 41.8 Å². The lowest BCUT2D eigenvalue weighted by atomic mass is 10.1. The van der Waals surface area contributed by atoms with Gasteiger partial charge < -0.3 is 14.3 Å². The van der Waals surface area contributed by atoms with Crippen molar-refractivity contribution in [1.82, 2.24) is 14.8 Å². The number of aromatic carboxylic acids is 1. The Bertz CT molecular complexity index is 1020. The van der Waals surface area contributed by atoms with Crippen molar-refractivity contribution in [3.63, 3.8) is 0 Å². The molecule has 1 N–H and O–H groups in total. The topological polar surface area (TPSA) is 79.0 Å². The number of benzene rings is 2. The molecule has 0 saturated carbocycles. The minimum atomic E-state index is -0.878. The van der Waals surface area contributed by atoms with Crippen LogP contribution in [0.15, 0.2) is 65.6 Å². The number of aromatic nitrogens is 1. The largest absolute Gasteiger partial charge is 0.487 e. The molecule has 0 spiro atoms. The fourth-order valence-corrected chi connectivity index (χ4v) is 4.60. The summed E-state index contributed by atoms with van der Waals surface area (Å²) in [5.41, 5.74) is 3.58. The zero-order chi connectivity index (χ0) is 21.2. The third-order valence-electron chi connectivity index (χ3n) is 6.23. The fourth-order valence-electron chi connectivity index (χ4n) is 4.60. The van der Waals surface area contributed by atoms with E-state index in [1.807, 2.05) is 24.3 Å². The van der Waals surface area contributed by atoms with Crippen molar-refractivity contribution in [1.29, 1.82) is 0 Å². The Morgan fingerprint density at radius 3 is 2.13 bits per heavy atom. The highest BCUT2D eigenvalue weighted by Gasteiger charge is 2.42. The average Bonchev–Trinajstić information content (AvgIpc) is 3.52. The van der Waals surface area contributed by atoms with E-state index in [0.717, 1.165) is 37.6 Å². The number of likely N-dealkylation sites (tertiary alicyclic amines) is 2. The molecule has 3 heterocycles. The lowest BCUT2D eigenvalue weighted by molar-refractivity contribution is 0.0697. The first-order chi connectivity index (χ1) is 15.1. The molecule has 0 radical (unpaired) electrons. The molecule has 7 nitrogen and oxygen atoms in total. The molecule has 160 valence electrons. The third-order valence-corrected chi connectivity index (χ3v) is 6.23. The fraction of sp³-hybridized carbons (Fsp3) is 0.333. The lowest BCUT2D eigenvalue weighted by Gasteiger charge is -2.34. The number of nitrogens with zero attached hydrogens (tertiary/aromatic N) is 3. The van der Waals surface area contributed by atoms with Crippen LogP contribution >= 0.6 is 0 Å². The van der Waals surface area contributed by atoms with E-state index in [4.69, 9.17) is 14.3 Å². The van der Waals surface area contributed by atoms with Gasteiger partial charge in [0.2, 0.25) is 0 Å². The van der Waals surface area contributed by atoms with E-state index >= 15 is 0 Å². The first kappa shape index (κ1) is 19.8. The molecule has 2 bridgehead atoms. The zero-order valence-electron chi connectivity index (χ0n) is 17.2. The molecule has 5 rings (SSSR count). The number of hydrogen-bond acceptors (Lipinski definition) is 6. The van der Waals surface area contributed by atoms with Gasteiger partial charge in [-0.15, -0.1) is 0 Å². The number of carboxylic acid groups (broad SMARTS) is 1. The van der Waals surface area contributed by atoms with Gasteiger partial charge in [-0.2, -0.15) is 0 Å². The van der Waals surface area contributed by atoms with E-state index in [-0.39, 0.29) is 0 Å². The van der Waals surface area contributed by atoms with Crippen molar-refractivity contribution in [2.24, 2.45) is 0 Å².